The molecule has 4 heteroatoms. The zero-order chi connectivity index (χ0) is 57.5. The highest BCUT2D eigenvalue weighted by atomic mass is 16.5. The predicted octanol–water partition coefficient (Wildman–Crippen LogP) is 19.8. The molecule has 0 fully saturated rings. The monoisotopic (exact) mass is 1080 g/mol. The molecule has 0 amide bonds. The Bertz CT molecular complexity index is 2620. The molecule has 0 heterocycles. The number of carbonyl (C=O) groups is 1. The van der Waals surface area contributed by atoms with E-state index in [9.17, 15) is 4.79 Å². The van der Waals surface area contributed by atoms with Crippen molar-refractivity contribution in [3.63, 3.8) is 0 Å². The molecule has 0 aliphatic carbocycles. The number of nitrogens with zero attached hydrogens (tertiary/aromatic N) is 2. The SMILES string of the molecule is CCCCOC(=O)C(C)C(C)C(CC(CC(CC)c1ccccc1)c1ccc(C[N+](C)(C)CCCCCC[N+](C)(C)Cc2ccc(C(CC(CC)c3ccccc3)CC(c3ccc(C)cc3)C(C)CC)cc2)cc1)c1ccccc1. The van der Waals surface area contributed by atoms with E-state index in [0.717, 1.165) is 60.6 Å². The molecule has 0 aliphatic heterocycles. The second-order valence-electron chi connectivity index (χ2n) is 26.0. The lowest BCUT2D eigenvalue weighted by molar-refractivity contribution is -0.904. The number of hydrogen-bond acceptors (Lipinski definition) is 2. The highest BCUT2D eigenvalue weighted by Crippen LogP contribution is 2.45. The van der Waals surface area contributed by atoms with Crippen molar-refractivity contribution in [3.8, 4) is 0 Å². The van der Waals surface area contributed by atoms with E-state index >= 15 is 0 Å². The molecule has 0 saturated heterocycles. The molecule has 0 saturated carbocycles. The first-order valence-corrected chi connectivity index (χ1v) is 31.7. The van der Waals surface area contributed by atoms with Gasteiger partial charge in [-0.2, -0.15) is 0 Å². The molecule has 0 N–H and O–H groups in total. The number of rotatable bonds is 35. The van der Waals surface area contributed by atoms with Crippen molar-refractivity contribution in [2.45, 2.75) is 187 Å². The van der Waals surface area contributed by atoms with Crippen molar-refractivity contribution in [2.75, 3.05) is 47.9 Å². The van der Waals surface area contributed by atoms with Crippen LogP contribution in [0.4, 0.5) is 0 Å². The first kappa shape index (κ1) is 63.9. The number of benzene rings is 6. The summed E-state index contributed by atoms with van der Waals surface area (Å²) in [6, 6.07) is 62.3. The lowest BCUT2D eigenvalue weighted by atomic mass is 9.71. The van der Waals surface area contributed by atoms with Crippen LogP contribution in [0.25, 0.3) is 0 Å². The van der Waals surface area contributed by atoms with E-state index in [-0.39, 0.29) is 23.7 Å². The summed E-state index contributed by atoms with van der Waals surface area (Å²) >= 11 is 0. The van der Waals surface area contributed by atoms with Crippen molar-refractivity contribution >= 4 is 5.97 Å². The third kappa shape index (κ3) is 20.0. The molecule has 6 rings (SSSR count). The Kier molecular flexibility index (Phi) is 25.9. The molecule has 9 atom stereocenters. The fraction of sp³-hybridized carbons (Fsp3) is 0.513. The Hall–Kier alpha value is -5.29. The Labute approximate surface area is 489 Å². The Morgan fingerprint density at radius 1 is 0.425 bits per heavy atom. The number of unbranched alkanes of at least 4 members (excludes halogenated alkanes) is 4. The van der Waals surface area contributed by atoms with Crippen LogP contribution >= 0.6 is 0 Å². The lowest BCUT2D eigenvalue weighted by Gasteiger charge is -2.33. The summed E-state index contributed by atoms with van der Waals surface area (Å²) in [4.78, 5) is 13.4. The predicted molar refractivity (Wildman–Crippen MR) is 342 cm³/mol. The molecule has 80 heavy (non-hydrogen) atoms. The van der Waals surface area contributed by atoms with Crippen LogP contribution in [0.3, 0.4) is 0 Å². The van der Waals surface area contributed by atoms with E-state index < -0.39 is 0 Å². The van der Waals surface area contributed by atoms with Gasteiger partial charge in [0, 0.05) is 11.1 Å². The number of carbonyl (C=O) groups excluding carboxylic acids is 1. The summed E-state index contributed by atoms with van der Waals surface area (Å²) in [5.41, 5.74) is 12.8. The van der Waals surface area contributed by atoms with Crippen LogP contribution < -0.4 is 0 Å². The number of aryl methyl sites for hydroxylation is 1. The van der Waals surface area contributed by atoms with Gasteiger partial charge in [-0.3, -0.25) is 4.79 Å². The van der Waals surface area contributed by atoms with Crippen LogP contribution in [0.1, 0.15) is 218 Å². The van der Waals surface area contributed by atoms with Gasteiger partial charge in [0.05, 0.1) is 53.8 Å². The largest absolute Gasteiger partial charge is 0.465 e. The fourth-order valence-corrected chi connectivity index (χ4v) is 13.1. The van der Waals surface area contributed by atoms with Crippen LogP contribution in [-0.2, 0) is 22.6 Å². The van der Waals surface area contributed by atoms with E-state index in [1.54, 1.807) is 0 Å². The minimum Gasteiger partial charge on any atom is -0.465 e. The molecule has 6 aromatic rings. The summed E-state index contributed by atoms with van der Waals surface area (Å²) in [5, 5.41) is 0. The van der Waals surface area contributed by atoms with Gasteiger partial charge in [0.2, 0.25) is 0 Å². The normalized spacial score (nSPS) is 15.5. The molecule has 4 nitrogen and oxygen atoms in total. The molecular formula is C76H108N2O2+2. The maximum Gasteiger partial charge on any atom is 0.308 e. The van der Waals surface area contributed by atoms with Gasteiger partial charge in [0.15, 0.2) is 0 Å². The molecule has 0 spiro atoms. The zero-order valence-corrected chi connectivity index (χ0v) is 52.2. The summed E-state index contributed by atoms with van der Waals surface area (Å²) in [5.74, 6) is 3.07. The molecule has 9 unspecified atom stereocenters. The van der Waals surface area contributed by atoms with Crippen LogP contribution in [0.2, 0.25) is 0 Å². The van der Waals surface area contributed by atoms with E-state index in [2.05, 4.69) is 247 Å². The molecule has 6 aromatic carbocycles. The summed E-state index contributed by atoms with van der Waals surface area (Å²) < 4.78 is 7.82. The van der Waals surface area contributed by atoms with Crippen molar-refractivity contribution in [2.24, 2.45) is 17.8 Å². The number of ether oxygens (including phenoxy) is 1. The minimum atomic E-state index is -0.191. The number of esters is 1. The second-order valence-corrected chi connectivity index (χ2v) is 26.0. The van der Waals surface area contributed by atoms with Gasteiger partial charge in [-0.25, -0.2) is 0 Å². The van der Waals surface area contributed by atoms with E-state index in [1.165, 1.54) is 108 Å². The van der Waals surface area contributed by atoms with Crippen LogP contribution in [-0.4, -0.2) is 62.8 Å². The Morgan fingerprint density at radius 2 is 0.812 bits per heavy atom. The zero-order valence-electron chi connectivity index (χ0n) is 52.2. The number of quaternary nitrogens is 2. The maximum absolute atomic E-state index is 13.4. The van der Waals surface area contributed by atoms with E-state index in [1.807, 2.05) is 0 Å². The first-order valence-electron chi connectivity index (χ1n) is 31.7. The average molecular weight is 1080 g/mol. The third-order valence-electron chi connectivity index (χ3n) is 18.7. The van der Waals surface area contributed by atoms with Crippen molar-refractivity contribution in [1.82, 2.24) is 0 Å². The second kappa shape index (κ2) is 32.4. The van der Waals surface area contributed by atoms with Gasteiger partial charge in [-0.05, 0) is 158 Å². The van der Waals surface area contributed by atoms with Gasteiger partial charge in [0.1, 0.15) is 13.1 Å². The van der Waals surface area contributed by atoms with Crippen LogP contribution in [0.5, 0.6) is 0 Å². The molecule has 0 bridgehead atoms. The van der Waals surface area contributed by atoms with Gasteiger partial charge < -0.3 is 13.7 Å². The van der Waals surface area contributed by atoms with Crippen LogP contribution in [0, 0.1) is 24.7 Å². The minimum absolute atomic E-state index is 0.0652. The lowest BCUT2D eigenvalue weighted by Crippen LogP contribution is -2.40. The smallest absolute Gasteiger partial charge is 0.308 e. The topological polar surface area (TPSA) is 26.3 Å². The first-order chi connectivity index (χ1) is 38.5. The Balaban J connectivity index is 1.04. The summed E-state index contributed by atoms with van der Waals surface area (Å²) in [7, 11) is 9.68. The van der Waals surface area contributed by atoms with Crippen LogP contribution in [0.15, 0.2) is 164 Å². The van der Waals surface area contributed by atoms with Gasteiger partial charge >= 0.3 is 5.97 Å². The molecule has 0 aromatic heterocycles. The van der Waals surface area contributed by atoms with Crippen molar-refractivity contribution in [3.05, 3.63) is 214 Å². The van der Waals surface area contributed by atoms with Gasteiger partial charge in [-0.15, -0.1) is 0 Å². The van der Waals surface area contributed by atoms with Gasteiger partial charge in [0.25, 0.3) is 0 Å². The number of hydrogen-bond donors (Lipinski definition) is 0. The van der Waals surface area contributed by atoms with Crippen molar-refractivity contribution in [1.29, 1.82) is 0 Å². The fourth-order valence-electron chi connectivity index (χ4n) is 13.1. The molecular weight excluding hydrogens is 973 g/mol. The average Bonchev–Trinajstić information content (AvgIpc) is 3.51. The quantitative estimate of drug-likeness (QED) is 0.0225. The summed E-state index contributed by atoms with van der Waals surface area (Å²) in [6.45, 7) is 23.2. The highest BCUT2D eigenvalue weighted by molar-refractivity contribution is 5.72. The molecule has 0 aliphatic rings. The third-order valence-corrected chi connectivity index (χ3v) is 18.7. The summed E-state index contributed by atoms with van der Waals surface area (Å²) in [6.07, 6.45) is 14.8. The molecule has 0 radical (unpaired) electrons. The molecule has 432 valence electrons. The highest BCUT2D eigenvalue weighted by Gasteiger charge is 2.33. The van der Waals surface area contributed by atoms with E-state index in [4.69, 9.17) is 4.74 Å². The Morgan fingerprint density at radius 3 is 1.23 bits per heavy atom. The van der Waals surface area contributed by atoms with E-state index in [0.29, 0.717) is 42.1 Å². The van der Waals surface area contributed by atoms with Crippen molar-refractivity contribution < 1.29 is 18.5 Å². The maximum atomic E-state index is 13.4. The standard InChI is InChI=1S/C76H108N2O2/c1-13-17-51-80-76(79)61(8)60(7)75(70-35-27-22-28-36-70)55-73(53-65(16-4)67-33-25-21-26-34-67)69-47-41-63(42-48-69)57-78(11,12)50-30-19-18-29-49-77(9,10)56-62-39-45-68(46-40-62)72(52-64(15-3)66-31-23-20-24-32-66)54-74(59(6)14-2)71-43-37-58(5)38-44-71/h20-28,31-48,59-61,64-65,72-75H,13-19,29-30,49-57H2,1-12H3/q+2. The van der Waals surface area contributed by atoms with Gasteiger partial charge in [-0.1, -0.05) is 231 Å².